The largest absolute Gasteiger partial charge is 0.443 e. The maximum absolute atomic E-state index is 14.0. The molecule has 1 aliphatic carbocycles. The van der Waals surface area contributed by atoms with Crippen molar-refractivity contribution in [3.05, 3.63) is 141 Å². The summed E-state index contributed by atoms with van der Waals surface area (Å²) in [6.07, 6.45) is 6.42. The van der Waals surface area contributed by atoms with Crippen molar-refractivity contribution in [2.24, 2.45) is 0 Å². The van der Waals surface area contributed by atoms with E-state index in [1.165, 1.54) is 16.0 Å². The lowest BCUT2D eigenvalue weighted by Crippen LogP contribution is -2.47. The molecule has 1 fully saturated rings. The second-order valence-corrected chi connectivity index (χ2v) is 12.7. The second kappa shape index (κ2) is 17.3. The number of allylic oxidation sites excluding steroid dienone is 2. The predicted molar refractivity (Wildman–Crippen MR) is 193 cm³/mol. The Labute approximate surface area is 293 Å². The van der Waals surface area contributed by atoms with E-state index in [1.807, 2.05) is 99.2 Å². The fourth-order valence-corrected chi connectivity index (χ4v) is 6.10. The molecule has 3 unspecified atom stereocenters. The molecule has 2 aliphatic rings. The summed E-state index contributed by atoms with van der Waals surface area (Å²) in [7, 11) is 1.64. The molecule has 0 radical (unpaired) electrons. The topological polar surface area (TPSA) is 73.7 Å². The minimum Gasteiger partial charge on any atom is -0.443 e. The highest BCUT2D eigenvalue weighted by atomic mass is 35.5. The molecule has 1 aliphatic heterocycles. The third-order valence-electron chi connectivity index (χ3n) is 8.35. The van der Waals surface area contributed by atoms with E-state index in [2.05, 4.69) is 28.5 Å². The Hall–Kier alpha value is -4.17. The standard InChI is InChI=1S/C28H29N3O3.C7H6Cl2.C4H8O/c1-4-19(3)30-13-12-23(29-30)17-24(22-11-7-8-18(2)14-22)27(32)31-25-15-20-9-5-6-10-21(20)16-26(25)34-28(31)33;1-5-2-3-6(8)7(9)4-5;1-3-4-5-2/h4-14,24-26H,15-17H2,1-3H3;2-4H,1H3;3H,1,4H2,2H3/b19-4+;;. The van der Waals surface area contributed by atoms with Gasteiger partial charge in [0.05, 0.1) is 34.3 Å². The van der Waals surface area contributed by atoms with Crippen LogP contribution in [0.4, 0.5) is 4.79 Å². The first-order chi connectivity index (χ1) is 23.1. The number of fused-ring (bicyclic) bond motifs is 2. The van der Waals surface area contributed by atoms with Gasteiger partial charge in [0, 0.05) is 31.8 Å². The summed E-state index contributed by atoms with van der Waals surface area (Å²) in [4.78, 5) is 28.4. The molecule has 0 saturated carbocycles. The summed E-state index contributed by atoms with van der Waals surface area (Å²) in [6, 6.07) is 23.3. The molecular weight excluding hydrogens is 645 g/mol. The molecule has 2 amide bonds. The lowest BCUT2D eigenvalue weighted by Gasteiger charge is -2.30. The minimum absolute atomic E-state index is 0.222. The van der Waals surface area contributed by atoms with E-state index in [0.29, 0.717) is 35.9 Å². The molecule has 1 saturated heterocycles. The van der Waals surface area contributed by atoms with E-state index in [-0.39, 0.29) is 18.1 Å². The predicted octanol–water partition coefficient (Wildman–Crippen LogP) is 9.03. The van der Waals surface area contributed by atoms with Gasteiger partial charge in [0.2, 0.25) is 5.91 Å². The van der Waals surface area contributed by atoms with Crippen LogP contribution in [0.2, 0.25) is 10.0 Å². The highest BCUT2D eigenvalue weighted by molar-refractivity contribution is 6.42. The Balaban J connectivity index is 0.000000310. The Morgan fingerprint density at radius 3 is 2.33 bits per heavy atom. The SMILES string of the molecule is C/C=C(\C)n1ccc(CC(C(=O)N2C(=O)OC3Cc4ccccc4CC32)c2cccc(C)c2)n1.C=CCOC.Cc1ccc(Cl)c(Cl)c1. The quantitative estimate of drug-likeness (QED) is 0.181. The van der Waals surface area contributed by atoms with Crippen LogP contribution in [-0.2, 0) is 33.5 Å². The fraction of sp³-hybridized carbons (Fsp3) is 0.308. The lowest BCUT2D eigenvalue weighted by molar-refractivity contribution is -0.131. The van der Waals surface area contributed by atoms with E-state index in [9.17, 15) is 9.59 Å². The Morgan fingerprint density at radius 1 is 1.02 bits per heavy atom. The zero-order valence-corrected chi connectivity index (χ0v) is 29.7. The first-order valence-corrected chi connectivity index (χ1v) is 16.7. The van der Waals surface area contributed by atoms with Crippen molar-refractivity contribution in [2.45, 2.75) is 65.0 Å². The highest BCUT2D eigenvalue weighted by Gasteiger charge is 2.49. The number of halogens is 2. The van der Waals surface area contributed by atoms with Crippen LogP contribution in [-0.4, -0.2) is 52.5 Å². The number of amides is 2. The van der Waals surface area contributed by atoms with Gasteiger partial charge in [-0.2, -0.15) is 5.10 Å². The van der Waals surface area contributed by atoms with Gasteiger partial charge in [-0.1, -0.05) is 95.5 Å². The monoisotopic (exact) mass is 687 g/mol. The van der Waals surface area contributed by atoms with E-state index in [0.717, 1.165) is 28.1 Å². The maximum Gasteiger partial charge on any atom is 0.417 e. The molecule has 0 spiro atoms. The Morgan fingerprint density at radius 2 is 1.73 bits per heavy atom. The molecule has 4 aromatic rings. The molecule has 2 heterocycles. The summed E-state index contributed by atoms with van der Waals surface area (Å²) >= 11 is 11.3. The van der Waals surface area contributed by atoms with E-state index in [4.69, 9.17) is 27.9 Å². The Kier molecular flexibility index (Phi) is 13.2. The van der Waals surface area contributed by atoms with Gasteiger partial charge in [-0.25, -0.2) is 14.4 Å². The van der Waals surface area contributed by atoms with Gasteiger partial charge in [-0.15, -0.1) is 6.58 Å². The first kappa shape index (κ1) is 36.7. The highest BCUT2D eigenvalue weighted by Crippen LogP contribution is 2.35. The average Bonchev–Trinajstić information content (AvgIpc) is 3.68. The number of methoxy groups -OCH3 is 1. The third-order valence-corrected chi connectivity index (χ3v) is 9.09. The number of carbonyl (C=O) groups is 2. The number of aromatic nitrogens is 2. The van der Waals surface area contributed by atoms with Gasteiger partial charge in [-0.3, -0.25) is 4.79 Å². The summed E-state index contributed by atoms with van der Waals surface area (Å²) < 4.78 is 12.1. The van der Waals surface area contributed by atoms with E-state index >= 15 is 0 Å². The van der Waals surface area contributed by atoms with Crippen molar-refractivity contribution >= 4 is 40.9 Å². The van der Waals surface area contributed by atoms with E-state index < -0.39 is 12.0 Å². The molecule has 3 aromatic carbocycles. The van der Waals surface area contributed by atoms with Crippen LogP contribution in [0, 0.1) is 13.8 Å². The number of benzene rings is 3. The zero-order valence-electron chi connectivity index (χ0n) is 28.2. The average molecular weight is 689 g/mol. The molecule has 48 heavy (non-hydrogen) atoms. The van der Waals surface area contributed by atoms with Crippen molar-refractivity contribution < 1.29 is 19.1 Å². The van der Waals surface area contributed by atoms with Gasteiger partial charge in [0.1, 0.15) is 6.10 Å². The van der Waals surface area contributed by atoms with Crippen molar-refractivity contribution in [2.75, 3.05) is 13.7 Å². The summed E-state index contributed by atoms with van der Waals surface area (Å²) in [6.45, 7) is 12.0. The third kappa shape index (κ3) is 9.25. The number of ether oxygens (including phenoxy) is 2. The zero-order chi connectivity index (χ0) is 34.8. The number of rotatable bonds is 7. The van der Waals surface area contributed by atoms with Gasteiger partial charge in [0.15, 0.2) is 0 Å². The van der Waals surface area contributed by atoms with Crippen LogP contribution in [0.3, 0.4) is 0 Å². The molecule has 1 aromatic heterocycles. The van der Waals surface area contributed by atoms with Crippen molar-refractivity contribution in [3.8, 4) is 0 Å². The summed E-state index contributed by atoms with van der Waals surface area (Å²) in [5.74, 6) is -0.752. The Bertz CT molecular complexity index is 1770. The number of imide groups is 1. The lowest BCUT2D eigenvalue weighted by atomic mass is 9.85. The van der Waals surface area contributed by atoms with Crippen LogP contribution in [0.25, 0.3) is 5.70 Å². The molecule has 6 rings (SSSR count). The van der Waals surface area contributed by atoms with Crippen molar-refractivity contribution in [1.29, 1.82) is 0 Å². The number of hydrogen-bond donors (Lipinski definition) is 0. The summed E-state index contributed by atoms with van der Waals surface area (Å²) in [5, 5.41) is 5.90. The minimum atomic E-state index is -0.541. The van der Waals surface area contributed by atoms with Crippen LogP contribution >= 0.6 is 23.2 Å². The van der Waals surface area contributed by atoms with Crippen LogP contribution in [0.15, 0.2) is 97.7 Å². The molecular formula is C39H43Cl2N3O4. The summed E-state index contributed by atoms with van der Waals surface area (Å²) in [5.41, 5.74) is 7.26. The van der Waals surface area contributed by atoms with Gasteiger partial charge >= 0.3 is 6.09 Å². The van der Waals surface area contributed by atoms with Crippen LogP contribution in [0.1, 0.15) is 53.3 Å². The van der Waals surface area contributed by atoms with E-state index in [1.54, 1.807) is 19.3 Å². The van der Waals surface area contributed by atoms with Crippen molar-refractivity contribution in [3.63, 3.8) is 0 Å². The molecule has 7 nitrogen and oxygen atoms in total. The molecule has 252 valence electrons. The molecule has 0 bridgehead atoms. The van der Waals surface area contributed by atoms with Gasteiger partial charge in [-0.05, 0) is 74.6 Å². The van der Waals surface area contributed by atoms with Crippen molar-refractivity contribution in [1.82, 2.24) is 14.7 Å². The van der Waals surface area contributed by atoms with Crippen LogP contribution in [0.5, 0.6) is 0 Å². The molecule has 0 N–H and O–H groups in total. The fourth-order valence-electron chi connectivity index (χ4n) is 5.75. The number of carbonyl (C=O) groups excluding carboxylic acids is 2. The molecule has 3 atom stereocenters. The number of hydrogen-bond acceptors (Lipinski definition) is 5. The van der Waals surface area contributed by atoms with Gasteiger partial charge in [0.25, 0.3) is 0 Å². The number of nitrogens with zero attached hydrogens (tertiary/aromatic N) is 3. The smallest absolute Gasteiger partial charge is 0.417 e. The second-order valence-electron chi connectivity index (χ2n) is 11.9. The number of aryl methyl sites for hydroxylation is 2. The maximum atomic E-state index is 14.0. The first-order valence-electron chi connectivity index (χ1n) is 15.9. The van der Waals surface area contributed by atoms with Gasteiger partial charge < -0.3 is 9.47 Å². The normalized spacial score (nSPS) is 17.1. The molecule has 9 heteroatoms. The van der Waals surface area contributed by atoms with Crippen LogP contribution < -0.4 is 0 Å².